The maximum Gasteiger partial charge on any atom is 0.260 e. The topological polar surface area (TPSA) is 141 Å². The molecule has 5 rings (SSSR count). The van der Waals surface area contributed by atoms with Crippen molar-refractivity contribution in [2.75, 3.05) is 29.9 Å². The molecule has 0 amide bonds. The molecule has 4 aromatic rings. The van der Waals surface area contributed by atoms with Gasteiger partial charge in [0.15, 0.2) is 10.8 Å². The van der Waals surface area contributed by atoms with Crippen LogP contribution in [0.3, 0.4) is 0 Å². The number of hydrogen-bond acceptors (Lipinski definition) is 9. The molecule has 1 saturated heterocycles. The van der Waals surface area contributed by atoms with Crippen LogP contribution in [0.2, 0.25) is 10.0 Å². The van der Waals surface area contributed by atoms with E-state index in [1.54, 1.807) is 24.0 Å². The molecule has 10 nitrogen and oxygen atoms in total. The van der Waals surface area contributed by atoms with Crippen molar-refractivity contribution in [2.24, 2.45) is 0 Å². The number of rotatable bonds is 5. The molecule has 0 saturated carbocycles. The van der Waals surface area contributed by atoms with E-state index < -0.39 is 10.0 Å². The van der Waals surface area contributed by atoms with Crippen LogP contribution in [0.25, 0.3) is 22.4 Å². The summed E-state index contributed by atoms with van der Waals surface area (Å²) in [5, 5.41) is 12.6. The Labute approximate surface area is 214 Å². The molecule has 0 atom stereocenters. The molecule has 4 heterocycles. The second-order valence-electron chi connectivity index (χ2n) is 7.45. The summed E-state index contributed by atoms with van der Waals surface area (Å²) in [6.45, 7) is 0.885. The second-order valence-corrected chi connectivity index (χ2v) is 11.4. The van der Waals surface area contributed by atoms with Crippen molar-refractivity contribution in [1.29, 1.82) is 5.26 Å². The van der Waals surface area contributed by atoms with E-state index in [2.05, 4.69) is 30.2 Å². The number of anilines is 2. The number of halogens is 2. The lowest BCUT2D eigenvalue weighted by atomic mass is 10.1. The van der Waals surface area contributed by atoms with Gasteiger partial charge in [-0.15, -0.1) is 0 Å². The number of aromatic nitrogens is 5. The molecule has 178 valence electrons. The molecule has 0 unspecified atom stereocenters. The van der Waals surface area contributed by atoms with Crippen LogP contribution in [-0.4, -0.2) is 62.2 Å². The normalized spacial score (nSPS) is 14.7. The van der Waals surface area contributed by atoms with E-state index in [0.29, 0.717) is 46.9 Å². The van der Waals surface area contributed by atoms with Gasteiger partial charge in [0.2, 0.25) is 0 Å². The molecule has 3 aromatic heterocycles. The van der Waals surface area contributed by atoms with Gasteiger partial charge in [0.25, 0.3) is 10.0 Å². The van der Waals surface area contributed by atoms with E-state index in [4.69, 9.17) is 28.5 Å². The van der Waals surface area contributed by atoms with Crippen LogP contribution in [0.5, 0.6) is 0 Å². The Morgan fingerprint density at radius 3 is 2.57 bits per heavy atom. The lowest BCUT2D eigenvalue weighted by molar-refractivity contribution is 0.441. The fourth-order valence-electron chi connectivity index (χ4n) is 3.60. The van der Waals surface area contributed by atoms with Crippen molar-refractivity contribution < 1.29 is 8.42 Å². The molecule has 0 aliphatic carbocycles. The number of aromatic amines is 1. The molecule has 35 heavy (non-hydrogen) atoms. The highest BCUT2D eigenvalue weighted by atomic mass is 35.5. The third-order valence-electron chi connectivity index (χ3n) is 5.28. The summed E-state index contributed by atoms with van der Waals surface area (Å²) in [7, 11) is -3.73. The SMILES string of the molecule is N#Cc1cc(Cl)c(-c2nc3ccnc(Nc4cc(S(=O)(=O)N5CCSCC5)ncn4)c3[nH]2)c(Cl)c1. The molecule has 1 fully saturated rings. The van der Waals surface area contributed by atoms with Gasteiger partial charge in [-0.3, -0.25) is 0 Å². The number of H-pyrrole nitrogens is 1. The quantitative estimate of drug-likeness (QED) is 0.354. The van der Waals surface area contributed by atoms with Gasteiger partial charge in [-0.2, -0.15) is 21.3 Å². The third-order valence-corrected chi connectivity index (χ3v) is 8.61. The molecule has 0 radical (unpaired) electrons. The minimum absolute atomic E-state index is 0.0875. The highest BCUT2D eigenvalue weighted by Crippen LogP contribution is 2.36. The minimum Gasteiger partial charge on any atom is -0.335 e. The lowest BCUT2D eigenvalue weighted by Gasteiger charge is -2.25. The monoisotopic (exact) mass is 546 g/mol. The molecule has 1 aliphatic rings. The number of nitrogens with zero attached hydrogens (tertiary/aromatic N) is 6. The summed E-state index contributed by atoms with van der Waals surface area (Å²) >= 11 is 14.4. The first-order valence-corrected chi connectivity index (χ1v) is 13.6. The van der Waals surface area contributed by atoms with Crippen LogP contribution in [0.15, 0.2) is 41.8 Å². The molecule has 1 aromatic carbocycles. The fraction of sp³-hybridized carbons (Fsp3) is 0.190. The van der Waals surface area contributed by atoms with Crippen LogP contribution in [0, 0.1) is 11.3 Å². The van der Waals surface area contributed by atoms with Gasteiger partial charge in [-0.1, -0.05) is 23.2 Å². The molecule has 1 aliphatic heterocycles. The molecule has 0 bridgehead atoms. The number of imidazole rings is 1. The van der Waals surface area contributed by atoms with Crippen molar-refractivity contribution in [1.82, 2.24) is 29.2 Å². The molecular formula is C21H16Cl2N8O2S2. The van der Waals surface area contributed by atoms with E-state index in [1.807, 2.05) is 6.07 Å². The molecular weight excluding hydrogens is 531 g/mol. The number of thioether (sulfide) groups is 1. The maximum absolute atomic E-state index is 13.0. The Morgan fingerprint density at radius 2 is 1.86 bits per heavy atom. The summed E-state index contributed by atoms with van der Waals surface area (Å²) in [6, 6.07) is 8.11. The fourth-order valence-corrected chi connectivity index (χ4v) is 6.77. The highest BCUT2D eigenvalue weighted by Gasteiger charge is 2.28. The average molecular weight is 547 g/mol. The minimum atomic E-state index is -3.73. The maximum atomic E-state index is 13.0. The number of benzene rings is 1. The standard InChI is InChI=1S/C21H16Cl2N8O2S2/c22-13-7-12(10-24)8-14(23)18(13)20-28-15-1-2-25-21(19(15)30-20)29-16-9-17(27-11-26-16)35(32,33)31-3-5-34-6-4-31/h1-2,7-9,11H,3-6H2,(H,28,30)(H,25,26,27,29). The van der Waals surface area contributed by atoms with Crippen molar-refractivity contribution in [3.05, 3.63) is 52.4 Å². The van der Waals surface area contributed by atoms with Gasteiger partial charge in [-0.25, -0.2) is 28.4 Å². The van der Waals surface area contributed by atoms with E-state index in [0.717, 1.165) is 11.5 Å². The number of nitriles is 1. The smallest absolute Gasteiger partial charge is 0.260 e. The van der Waals surface area contributed by atoms with Crippen molar-refractivity contribution in [2.45, 2.75) is 5.03 Å². The van der Waals surface area contributed by atoms with Gasteiger partial charge in [0, 0.05) is 36.9 Å². The third kappa shape index (κ3) is 4.65. The van der Waals surface area contributed by atoms with Gasteiger partial charge < -0.3 is 10.3 Å². The number of hydrogen-bond donors (Lipinski definition) is 2. The predicted molar refractivity (Wildman–Crippen MR) is 135 cm³/mol. The zero-order valence-electron chi connectivity index (χ0n) is 17.9. The Balaban J connectivity index is 1.49. The summed E-state index contributed by atoms with van der Waals surface area (Å²) in [5.41, 5.74) is 1.89. The number of nitrogens with one attached hydrogen (secondary N) is 2. The predicted octanol–water partition coefficient (Wildman–Crippen LogP) is 4.07. The first-order chi connectivity index (χ1) is 16.9. The first-order valence-electron chi connectivity index (χ1n) is 10.3. The Kier molecular flexibility index (Phi) is 6.52. The van der Waals surface area contributed by atoms with Gasteiger partial charge in [0.1, 0.15) is 23.5 Å². The zero-order chi connectivity index (χ0) is 24.6. The number of sulfonamides is 1. The van der Waals surface area contributed by atoms with E-state index in [9.17, 15) is 8.42 Å². The highest BCUT2D eigenvalue weighted by molar-refractivity contribution is 7.99. The van der Waals surface area contributed by atoms with Crippen LogP contribution in [0.4, 0.5) is 11.6 Å². The summed E-state index contributed by atoms with van der Waals surface area (Å²) in [5.74, 6) is 2.52. The zero-order valence-corrected chi connectivity index (χ0v) is 21.0. The van der Waals surface area contributed by atoms with Crippen LogP contribution >= 0.6 is 35.0 Å². The summed E-state index contributed by atoms with van der Waals surface area (Å²) < 4.78 is 27.4. The van der Waals surface area contributed by atoms with E-state index in [1.165, 1.54) is 28.8 Å². The summed E-state index contributed by atoms with van der Waals surface area (Å²) in [4.78, 5) is 20.2. The largest absolute Gasteiger partial charge is 0.335 e. The van der Waals surface area contributed by atoms with Gasteiger partial charge in [-0.05, 0) is 18.2 Å². The van der Waals surface area contributed by atoms with Crippen LogP contribution in [-0.2, 0) is 10.0 Å². The molecule has 2 N–H and O–H groups in total. The average Bonchev–Trinajstić information content (AvgIpc) is 3.29. The van der Waals surface area contributed by atoms with Gasteiger partial charge in [0.05, 0.1) is 32.8 Å². The van der Waals surface area contributed by atoms with E-state index in [-0.39, 0.29) is 20.9 Å². The Bertz CT molecular complexity index is 1560. The molecule has 0 spiro atoms. The molecule has 14 heteroatoms. The first kappa shape index (κ1) is 23.8. The van der Waals surface area contributed by atoms with Crippen molar-refractivity contribution in [3.8, 4) is 17.5 Å². The van der Waals surface area contributed by atoms with Crippen LogP contribution < -0.4 is 5.32 Å². The van der Waals surface area contributed by atoms with Gasteiger partial charge >= 0.3 is 0 Å². The number of pyridine rings is 1. The Morgan fingerprint density at radius 1 is 1.11 bits per heavy atom. The van der Waals surface area contributed by atoms with E-state index >= 15 is 0 Å². The van der Waals surface area contributed by atoms with Crippen molar-refractivity contribution in [3.63, 3.8) is 0 Å². The summed E-state index contributed by atoms with van der Waals surface area (Å²) in [6.07, 6.45) is 2.75. The lowest BCUT2D eigenvalue weighted by Crippen LogP contribution is -2.38. The Hall–Kier alpha value is -2.95. The second kappa shape index (κ2) is 9.60. The number of fused-ring (bicyclic) bond motifs is 1. The van der Waals surface area contributed by atoms with Crippen LogP contribution in [0.1, 0.15) is 5.56 Å². The van der Waals surface area contributed by atoms with Crippen molar-refractivity contribution >= 4 is 67.7 Å².